The number of anilines is 1. The van der Waals surface area contributed by atoms with Crippen LogP contribution in [-0.2, 0) is 18.9 Å². The highest BCUT2D eigenvalue weighted by atomic mass is 32.1. The van der Waals surface area contributed by atoms with Crippen molar-refractivity contribution in [1.82, 2.24) is 28.7 Å². The summed E-state index contributed by atoms with van der Waals surface area (Å²) in [5, 5.41) is 5.44. The molecule has 4 rings (SSSR count). The van der Waals surface area contributed by atoms with Crippen molar-refractivity contribution < 1.29 is 4.79 Å². The van der Waals surface area contributed by atoms with Crippen LogP contribution in [0.2, 0.25) is 0 Å². The van der Waals surface area contributed by atoms with E-state index in [4.69, 9.17) is 0 Å². The average Bonchev–Trinajstić information content (AvgIpc) is 3.41. The molecule has 29 heavy (non-hydrogen) atoms. The highest BCUT2D eigenvalue weighted by Crippen LogP contribution is 2.21. The van der Waals surface area contributed by atoms with Crippen molar-refractivity contribution in [3.05, 3.63) is 57.1 Å². The van der Waals surface area contributed by atoms with Crippen LogP contribution in [0.15, 0.2) is 45.8 Å². The van der Waals surface area contributed by atoms with E-state index in [-0.39, 0.29) is 17.1 Å². The topological polar surface area (TPSA) is 117 Å². The van der Waals surface area contributed by atoms with E-state index in [0.717, 1.165) is 15.3 Å². The number of fused-ring (bicyclic) bond motifs is 1. The number of thiazole rings is 1. The summed E-state index contributed by atoms with van der Waals surface area (Å²) in [7, 11) is 2.92. The number of carbonyl (C=O) groups is 1. The minimum Gasteiger partial charge on any atom is -0.323 e. The number of imidazole rings is 1. The molecule has 0 aliphatic carbocycles. The number of aromatic nitrogens is 6. The van der Waals surface area contributed by atoms with E-state index in [1.54, 1.807) is 31.5 Å². The van der Waals surface area contributed by atoms with Crippen molar-refractivity contribution in [3.63, 3.8) is 0 Å². The molecule has 10 nitrogen and oxygen atoms in total. The van der Waals surface area contributed by atoms with E-state index in [0.29, 0.717) is 5.69 Å². The molecule has 148 valence electrons. The molecule has 0 aliphatic rings. The number of rotatable bonds is 4. The van der Waals surface area contributed by atoms with Crippen LogP contribution in [0.25, 0.3) is 21.9 Å². The van der Waals surface area contributed by atoms with Crippen LogP contribution in [0.3, 0.4) is 0 Å². The zero-order chi connectivity index (χ0) is 20.7. The van der Waals surface area contributed by atoms with Crippen LogP contribution in [0.5, 0.6) is 0 Å². The number of nitrogens with one attached hydrogen (secondary N) is 1. The number of hydrogen-bond acceptors (Lipinski definition) is 7. The second-order valence-electron chi connectivity index (χ2n) is 6.46. The van der Waals surface area contributed by atoms with E-state index < -0.39 is 17.3 Å². The standard InChI is InChI=1S/C18H17N7O3S/c1-10(25-9-21-14-13(25)17(27)24(3)18(28)23(14)2)15(26)22-11-4-5-12(20-8-11)16-19-6-7-29-16/h4-10H,1-3H3,(H,22,26). The van der Waals surface area contributed by atoms with Gasteiger partial charge in [0, 0.05) is 25.7 Å². The van der Waals surface area contributed by atoms with Crippen molar-refractivity contribution in [2.75, 3.05) is 5.32 Å². The van der Waals surface area contributed by atoms with E-state index in [1.165, 1.54) is 40.9 Å². The van der Waals surface area contributed by atoms with Gasteiger partial charge in [-0.25, -0.2) is 14.8 Å². The quantitative estimate of drug-likeness (QED) is 0.538. The zero-order valence-electron chi connectivity index (χ0n) is 15.9. The molecular weight excluding hydrogens is 394 g/mol. The third-order valence-electron chi connectivity index (χ3n) is 4.65. The number of pyridine rings is 1. The SMILES string of the molecule is CC(C(=O)Nc1ccc(-c2nccs2)nc1)n1cnc2c1c(=O)n(C)c(=O)n2C. The lowest BCUT2D eigenvalue weighted by Crippen LogP contribution is -2.38. The molecule has 0 spiro atoms. The number of hydrogen-bond donors (Lipinski definition) is 1. The second kappa shape index (κ2) is 7.09. The first-order valence-corrected chi connectivity index (χ1v) is 9.55. The number of aryl methyl sites for hydroxylation is 1. The van der Waals surface area contributed by atoms with Crippen LogP contribution in [0.4, 0.5) is 5.69 Å². The number of nitrogens with zero attached hydrogens (tertiary/aromatic N) is 6. The molecule has 1 unspecified atom stereocenters. The van der Waals surface area contributed by atoms with Crippen molar-refractivity contribution in [2.45, 2.75) is 13.0 Å². The van der Waals surface area contributed by atoms with Crippen LogP contribution >= 0.6 is 11.3 Å². The number of carbonyl (C=O) groups excluding carboxylic acids is 1. The van der Waals surface area contributed by atoms with Crippen LogP contribution < -0.4 is 16.6 Å². The maximum absolute atomic E-state index is 12.7. The Balaban J connectivity index is 1.62. The maximum Gasteiger partial charge on any atom is 0.332 e. The van der Waals surface area contributed by atoms with Gasteiger partial charge in [0.1, 0.15) is 11.0 Å². The molecule has 0 aliphatic heterocycles. The summed E-state index contributed by atoms with van der Waals surface area (Å²) in [6.07, 6.45) is 4.64. The lowest BCUT2D eigenvalue weighted by atomic mass is 10.2. The van der Waals surface area contributed by atoms with Crippen LogP contribution in [-0.4, -0.2) is 34.6 Å². The molecule has 0 fully saturated rings. The van der Waals surface area contributed by atoms with E-state index in [2.05, 4.69) is 20.3 Å². The summed E-state index contributed by atoms with van der Waals surface area (Å²) in [6.45, 7) is 1.65. The molecule has 0 aromatic carbocycles. The Bertz CT molecular complexity index is 1320. The van der Waals surface area contributed by atoms with Gasteiger partial charge in [-0.15, -0.1) is 11.3 Å². The fourth-order valence-corrected chi connectivity index (χ4v) is 3.59. The maximum atomic E-state index is 12.7. The van der Waals surface area contributed by atoms with Crippen LogP contribution in [0, 0.1) is 0 Å². The smallest absolute Gasteiger partial charge is 0.323 e. The molecule has 4 aromatic rings. The number of amides is 1. The molecule has 11 heteroatoms. The van der Waals surface area contributed by atoms with Gasteiger partial charge in [-0.05, 0) is 19.1 Å². The second-order valence-corrected chi connectivity index (χ2v) is 7.36. The summed E-state index contributed by atoms with van der Waals surface area (Å²) < 4.78 is 3.73. The van der Waals surface area contributed by atoms with Crippen LogP contribution in [0.1, 0.15) is 13.0 Å². The zero-order valence-corrected chi connectivity index (χ0v) is 16.7. The van der Waals surface area contributed by atoms with Gasteiger partial charge in [0.2, 0.25) is 5.91 Å². The molecule has 0 saturated carbocycles. The molecule has 4 aromatic heterocycles. The van der Waals surface area contributed by atoms with Crippen molar-refractivity contribution in [2.24, 2.45) is 14.1 Å². The summed E-state index contributed by atoms with van der Waals surface area (Å²) in [4.78, 5) is 50.0. The van der Waals surface area contributed by atoms with Gasteiger partial charge < -0.3 is 9.88 Å². The lowest BCUT2D eigenvalue weighted by Gasteiger charge is -2.15. The minimum absolute atomic E-state index is 0.189. The van der Waals surface area contributed by atoms with Gasteiger partial charge in [0.15, 0.2) is 11.2 Å². The van der Waals surface area contributed by atoms with Gasteiger partial charge in [-0.1, -0.05) is 0 Å². The van der Waals surface area contributed by atoms with Crippen molar-refractivity contribution in [3.8, 4) is 10.7 Å². The Morgan fingerprint density at radius 2 is 1.93 bits per heavy atom. The van der Waals surface area contributed by atoms with Crippen molar-refractivity contribution >= 4 is 34.1 Å². The largest absolute Gasteiger partial charge is 0.332 e. The summed E-state index contributed by atoms with van der Waals surface area (Å²) in [5.41, 5.74) is 0.677. The molecular formula is C18H17N7O3S. The molecule has 1 N–H and O–H groups in total. The van der Waals surface area contributed by atoms with Crippen molar-refractivity contribution in [1.29, 1.82) is 0 Å². The monoisotopic (exact) mass is 411 g/mol. The van der Waals surface area contributed by atoms with Gasteiger partial charge >= 0.3 is 5.69 Å². The highest BCUT2D eigenvalue weighted by molar-refractivity contribution is 7.13. The molecule has 0 saturated heterocycles. The molecule has 0 radical (unpaired) electrons. The molecule has 4 heterocycles. The summed E-state index contributed by atoms with van der Waals surface area (Å²) >= 11 is 1.48. The fourth-order valence-electron chi connectivity index (χ4n) is 2.98. The first kappa shape index (κ1) is 18.7. The molecule has 1 amide bonds. The van der Waals surface area contributed by atoms with E-state index >= 15 is 0 Å². The first-order chi connectivity index (χ1) is 13.9. The summed E-state index contributed by atoms with van der Waals surface area (Å²) in [5.74, 6) is -0.344. The summed E-state index contributed by atoms with van der Waals surface area (Å²) in [6, 6.07) is 2.78. The van der Waals surface area contributed by atoms with E-state index in [1.807, 2.05) is 5.38 Å². The average molecular weight is 411 g/mol. The molecule has 0 bridgehead atoms. The Kier molecular flexibility index (Phi) is 4.59. The fraction of sp³-hybridized carbons (Fsp3) is 0.222. The van der Waals surface area contributed by atoms with Gasteiger partial charge in [0.25, 0.3) is 5.56 Å². The first-order valence-electron chi connectivity index (χ1n) is 8.68. The Morgan fingerprint density at radius 3 is 2.59 bits per heavy atom. The third-order valence-corrected chi connectivity index (χ3v) is 5.45. The molecule has 1 atom stereocenters. The van der Waals surface area contributed by atoms with Gasteiger partial charge in [-0.3, -0.25) is 23.7 Å². The van der Waals surface area contributed by atoms with E-state index in [9.17, 15) is 14.4 Å². The Hall–Kier alpha value is -3.60. The third kappa shape index (κ3) is 3.14. The van der Waals surface area contributed by atoms with Gasteiger partial charge in [0.05, 0.1) is 23.9 Å². The normalized spacial score (nSPS) is 12.2. The van der Waals surface area contributed by atoms with Gasteiger partial charge in [-0.2, -0.15) is 0 Å². The predicted molar refractivity (Wildman–Crippen MR) is 109 cm³/mol. The Labute approximate surface area is 168 Å². The lowest BCUT2D eigenvalue weighted by molar-refractivity contribution is -0.118. The predicted octanol–water partition coefficient (Wildman–Crippen LogP) is 1.15. The minimum atomic E-state index is -0.733. The Morgan fingerprint density at radius 1 is 1.14 bits per heavy atom. The highest BCUT2D eigenvalue weighted by Gasteiger charge is 2.22.